The maximum Gasteiger partial charge on any atom is 0.406 e. The molecule has 2 heterocycles. The van der Waals surface area contributed by atoms with Gasteiger partial charge in [-0.25, -0.2) is 4.98 Å². The third-order valence-corrected chi connectivity index (χ3v) is 4.61. The van der Waals surface area contributed by atoms with Crippen molar-refractivity contribution in [3.63, 3.8) is 0 Å². The van der Waals surface area contributed by atoms with Crippen LogP contribution in [0.25, 0.3) is 0 Å². The normalized spacial score (nSPS) is 22.4. The average molecular weight is 318 g/mol. The quantitative estimate of drug-likeness (QED) is 0.631. The van der Waals surface area contributed by atoms with E-state index in [2.05, 4.69) is 4.98 Å². The molecule has 0 spiro atoms. The molecule has 3 nitrogen and oxygen atoms in total. The van der Waals surface area contributed by atoms with Crippen molar-refractivity contribution in [2.75, 3.05) is 18.8 Å². The van der Waals surface area contributed by atoms with E-state index >= 15 is 0 Å². The number of halogens is 3. The van der Waals surface area contributed by atoms with Crippen LogP contribution in [-0.4, -0.2) is 40.8 Å². The third-order valence-electron chi connectivity index (χ3n) is 3.33. The van der Waals surface area contributed by atoms with Crippen molar-refractivity contribution in [1.29, 1.82) is 0 Å². The van der Waals surface area contributed by atoms with Gasteiger partial charge in [0.15, 0.2) is 0 Å². The summed E-state index contributed by atoms with van der Waals surface area (Å²) in [5.41, 5.74) is 1.24. The first-order valence-electron chi connectivity index (χ1n) is 6.53. The molecular formula is C14H17F3N2OS. The zero-order valence-corrected chi connectivity index (χ0v) is 12.9. The van der Waals surface area contributed by atoms with Crippen molar-refractivity contribution in [2.45, 2.75) is 32.0 Å². The van der Waals surface area contributed by atoms with E-state index < -0.39 is 24.0 Å². The number of carbonyl (C=O) groups is 1. The lowest BCUT2D eigenvalue weighted by atomic mass is 9.83. The summed E-state index contributed by atoms with van der Waals surface area (Å²) in [6, 6.07) is 3.86. The van der Waals surface area contributed by atoms with E-state index in [0.29, 0.717) is 5.75 Å². The number of β-lactam (4-membered cyclic amide) rings is 1. The molecule has 1 aliphatic rings. The monoisotopic (exact) mass is 318 g/mol. The van der Waals surface area contributed by atoms with Crippen LogP contribution in [0.5, 0.6) is 0 Å². The van der Waals surface area contributed by atoms with Gasteiger partial charge in [0.25, 0.3) is 0 Å². The molecule has 1 fully saturated rings. The molecule has 1 saturated heterocycles. The molecule has 0 aromatic carbocycles. The predicted octanol–water partition coefficient (Wildman–Crippen LogP) is 3.20. The molecule has 1 aromatic heterocycles. The molecule has 0 aliphatic carbocycles. The van der Waals surface area contributed by atoms with Crippen LogP contribution in [0.3, 0.4) is 0 Å². The van der Waals surface area contributed by atoms with E-state index in [0.717, 1.165) is 21.2 Å². The standard InChI is InChI=1S/C14H17F3N2OS/c1-9-4-10(2)18-11(5-9)21-8-13(3)6-19(12(13)20)7-14(15,16)17/h4-5H,6-8H2,1-3H3. The number of carbonyl (C=O) groups excluding carboxylic acids is 1. The molecule has 1 atom stereocenters. The second kappa shape index (κ2) is 5.51. The molecule has 1 unspecified atom stereocenters. The van der Waals surface area contributed by atoms with E-state index in [4.69, 9.17) is 0 Å². The molecule has 1 aromatic rings. The molecule has 7 heteroatoms. The van der Waals surface area contributed by atoms with Crippen LogP contribution in [0, 0.1) is 19.3 Å². The highest BCUT2D eigenvalue weighted by molar-refractivity contribution is 7.99. The summed E-state index contributed by atoms with van der Waals surface area (Å²) in [6.07, 6.45) is -4.33. The van der Waals surface area contributed by atoms with Gasteiger partial charge in [-0.15, -0.1) is 11.8 Å². The first kappa shape index (κ1) is 16.1. The number of amides is 1. The number of likely N-dealkylation sites (tertiary alicyclic amines) is 1. The smallest absolute Gasteiger partial charge is 0.332 e. The van der Waals surface area contributed by atoms with Gasteiger partial charge in [-0.05, 0) is 38.5 Å². The Balaban J connectivity index is 1.93. The Labute approximate surface area is 125 Å². The highest BCUT2D eigenvalue weighted by Gasteiger charge is 2.51. The number of pyridine rings is 1. The maximum atomic E-state index is 12.3. The van der Waals surface area contributed by atoms with Crippen LogP contribution >= 0.6 is 11.8 Å². The molecule has 0 N–H and O–H groups in total. The summed E-state index contributed by atoms with van der Waals surface area (Å²) >= 11 is 1.42. The maximum absolute atomic E-state index is 12.3. The number of aryl methyl sites for hydroxylation is 2. The van der Waals surface area contributed by atoms with Gasteiger partial charge in [0.05, 0.1) is 10.4 Å². The van der Waals surface area contributed by atoms with E-state index in [1.165, 1.54) is 11.8 Å². The highest BCUT2D eigenvalue weighted by atomic mass is 32.2. The highest BCUT2D eigenvalue weighted by Crippen LogP contribution is 2.38. The number of aromatic nitrogens is 1. The van der Waals surface area contributed by atoms with Crippen molar-refractivity contribution in [1.82, 2.24) is 9.88 Å². The predicted molar refractivity (Wildman–Crippen MR) is 75.2 cm³/mol. The minimum atomic E-state index is -4.33. The van der Waals surface area contributed by atoms with Crippen molar-refractivity contribution in [3.8, 4) is 0 Å². The Morgan fingerprint density at radius 2 is 2.05 bits per heavy atom. The molecule has 116 valence electrons. The van der Waals surface area contributed by atoms with Crippen LogP contribution in [0.2, 0.25) is 0 Å². The van der Waals surface area contributed by atoms with Gasteiger partial charge in [-0.3, -0.25) is 4.79 Å². The number of nitrogens with zero attached hydrogens (tertiary/aromatic N) is 2. The fourth-order valence-electron chi connectivity index (χ4n) is 2.41. The Kier molecular flexibility index (Phi) is 4.24. The van der Waals surface area contributed by atoms with Gasteiger partial charge >= 0.3 is 6.18 Å². The van der Waals surface area contributed by atoms with Crippen molar-refractivity contribution >= 4 is 17.7 Å². The van der Waals surface area contributed by atoms with Gasteiger partial charge in [0, 0.05) is 18.0 Å². The Bertz CT molecular complexity index is 541. The molecule has 0 saturated carbocycles. The van der Waals surface area contributed by atoms with E-state index in [-0.39, 0.29) is 6.54 Å². The van der Waals surface area contributed by atoms with Gasteiger partial charge in [-0.1, -0.05) is 0 Å². The van der Waals surface area contributed by atoms with Crippen LogP contribution in [0.15, 0.2) is 17.2 Å². The van der Waals surface area contributed by atoms with Crippen LogP contribution in [-0.2, 0) is 4.79 Å². The lowest BCUT2D eigenvalue weighted by Crippen LogP contribution is -2.63. The van der Waals surface area contributed by atoms with Crippen molar-refractivity contribution in [2.24, 2.45) is 5.41 Å². The lowest BCUT2D eigenvalue weighted by molar-refractivity contribution is -0.184. The van der Waals surface area contributed by atoms with Crippen LogP contribution < -0.4 is 0 Å². The van der Waals surface area contributed by atoms with E-state index in [9.17, 15) is 18.0 Å². The fourth-order valence-corrected chi connectivity index (χ4v) is 3.57. The molecule has 21 heavy (non-hydrogen) atoms. The Morgan fingerprint density at radius 1 is 1.38 bits per heavy atom. The number of rotatable bonds is 4. The molecular weight excluding hydrogens is 301 g/mol. The average Bonchev–Trinajstić information content (AvgIpc) is 2.33. The summed E-state index contributed by atoms with van der Waals surface area (Å²) in [7, 11) is 0. The zero-order valence-electron chi connectivity index (χ0n) is 12.1. The summed E-state index contributed by atoms with van der Waals surface area (Å²) in [6.45, 7) is 4.53. The van der Waals surface area contributed by atoms with Crippen LogP contribution in [0.1, 0.15) is 18.2 Å². The molecule has 1 amide bonds. The van der Waals surface area contributed by atoms with Gasteiger partial charge in [-0.2, -0.15) is 13.2 Å². The molecule has 0 radical (unpaired) electrons. The summed E-state index contributed by atoms with van der Waals surface area (Å²) in [5, 5.41) is 0.802. The largest absolute Gasteiger partial charge is 0.406 e. The number of thioether (sulfide) groups is 1. The zero-order chi connectivity index (χ0) is 15.8. The topological polar surface area (TPSA) is 33.2 Å². The second-order valence-corrected chi connectivity index (χ2v) is 6.75. The lowest BCUT2D eigenvalue weighted by Gasteiger charge is -2.46. The SMILES string of the molecule is Cc1cc(C)nc(SCC2(C)CN(CC(F)(F)F)C2=O)c1. The molecule has 2 rings (SSSR count). The van der Waals surface area contributed by atoms with E-state index in [1.54, 1.807) is 6.92 Å². The minimum absolute atomic E-state index is 0.142. The minimum Gasteiger partial charge on any atom is -0.332 e. The Hall–Kier alpha value is -1.24. The van der Waals surface area contributed by atoms with Crippen molar-refractivity contribution < 1.29 is 18.0 Å². The molecule has 0 bridgehead atoms. The number of hydrogen-bond donors (Lipinski definition) is 0. The second-order valence-electron chi connectivity index (χ2n) is 5.75. The van der Waals surface area contributed by atoms with Crippen LogP contribution in [0.4, 0.5) is 13.2 Å². The molecule has 1 aliphatic heterocycles. The summed E-state index contributed by atoms with van der Waals surface area (Å²) in [4.78, 5) is 17.1. The first-order chi connectivity index (χ1) is 9.59. The number of hydrogen-bond acceptors (Lipinski definition) is 3. The third kappa shape index (κ3) is 3.90. The van der Waals surface area contributed by atoms with E-state index in [1.807, 2.05) is 26.0 Å². The van der Waals surface area contributed by atoms with Crippen molar-refractivity contribution in [3.05, 3.63) is 23.4 Å². The Morgan fingerprint density at radius 3 is 2.57 bits per heavy atom. The van der Waals surface area contributed by atoms with Gasteiger partial charge in [0.2, 0.25) is 5.91 Å². The number of alkyl halides is 3. The summed E-state index contributed by atoms with van der Waals surface area (Å²) in [5.74, 6) is 0.00695. The fraction of sp³-hybridized carbons (Fsp3) is 0.571. The van der Waals surface area contributed by atoms with Gasteiger partial charge in [0.1, 0.15) is 6.54 Å². The first-order valence-corrected chi connectivity index (χ1v) is 7.52. The summed E-state index contributed by atoms with van der Waals surface area (Å²) < 4.78 is 36.8. The van der Waals surface area contributed by atoms with Gasteiger partial charge < -0.3 is 4.90 Å².